The number of imide groups is 1. The summed E-state index contributed by atoms with van der Waals surface area (Å²) in [5.41, 5.74) is 0. The van der Waals surface area contributed by atoms with Gasteiger partial charge in [0.1, 0.15) is 6.04 Å². The molecule has 26 heavy (non-hydrogen) atoms. The maximum atomic E-state index is 12.8. The molecule has 3 atom stereocenters. The Kier molecular flexibility index (Phi) is 6.94. The Morgan fingerprint density at radius 1 is 1.12 bits per heavy atom. The van der Waals surface area contributed by atoms with Gasteiger partial charge in [-0.3, -0.25) is 24.1 Å². The fraction of sp³-hybridized carbons (Fsp3) is 0.684. The summed E-state index contributed by atoms with van der Waals surface area (Å²) >= 11 is 0. The van der Waals surface area contributed by atoms with E-state index < -0.39 is 11.9 Å². The van der Waals surface area contributed by atoms with Crippen molar-refractivity contribution in [3.63, 3.8) is 0 Å². The zero-order valence-corrected chi connectivity index (χ0v) is 15.8. The number of carbonyl (C=O) groups excluding carboxylic acids is 4. The zero-order valence-electron chi connectivity index (χ0n) is 15.8. The molecule has 0 bridgehead atoms. The number of nitrogens with one attached hydrogen (secondary N) is 2. The van der Waals surface area contributed by atoms with Crippen molar-refractivity contribution in [2.75, 3.05) is 13.1 Å². The van der Waals surface area contributed by atoms with Crippen LogP contribution in [0.2, 0.25) is 0 Å². The van der Waals surface area contributed by atoms with Crippen molar-refractivity contribution in [3.05, 3.63) is 12.2 Å². The van der Waals surface area contributed by atoms with Gasteiger partial charge in [0.25, 0.3) is 0 Å². The van der Waals surface area contributed by atoms with Gasteiger partial charge in [0.15, 0.2) is 0 Å². The molecule has 7 heteroatoms. The van der Waals surface area contributed by atoms with Crippen LogP contribution in [0, 0.1) is 17.8 Å². The molecule has 7 nitrogen and oxygen atoms in total. The molecule has 0 aromatic rings. The lowest BCUT2D eigenvalue weighted by atomic mass is 9.85. The third-order valence-corrected chi connectivity index (χ3v) is 4.85. The lowest BCUT2D eigenvalue weighted by Gasteiger charge is -2.27. The van der Waals surface area contributed by atoms with E-state index in [-0.39, 0.29) is 42.0 Å². The predicted molar refractivity (Wildman–Crippen MR) is 96.8 cm³/mol. The Morgan fingerprint density at radius 3 is 2.19 bits per heavy atom. The number of hydrogen-bond donors (Lipinski definition) is 2. The van der Waals surface area contributed by atoms with Gasteiger partial charge in [0, 0.05) is 6.54 Å². The van der Waals surface area contributed by atoms with Crippen LogP contribution in [0.1, 0.15) is 46.5 Å². The van der Waals surface area contributed by atoms with Crippen molar-refractivity contribution in [1.82, 2.24) is 15.5 Å². The van der Waals surface area contributed by atoms with Crippen molar-refractivity contribution in [1.29, 1.82) is 0 Å². The van der Waals surface area contributed by atoms with Crippen LogP contribution in [0.25, 0.3) is 0 Å². The average Bonchev–Trinajstić information content (AvgIpc) is 2.87. The highest BCUT2D eigenvalue weighted by Gasteiger charge is 2.51. The van der Waals surface area contributed by atoms with Crippen LogP contribution in [0.5, 0.6) is 0 Å². The van der Waals surface area contributed by atoms with Gasteiger partial charge < -0.3 is 10.6 Å². The van der Waals surface area contributed by atoms with Crippen molar-refractivity contribution in [3.8, 4) is 0 Å². The van der Waals surface area contributed by atoms with Crippen molar-refractivity contribution in [2.24, 2.45) is 17.8 Å². The van der Waals surface area contributed by atoms with Gasteiger partial charge in [-0.25, -0.2) is 0 Å². The number of amides is 4. The Balaban J connectivity index is 2.09. The number of allylic oxidation sites excluding steroid dienone is 2. The SMILES string of the molecule is CCCNC(=O)CNC(=O)[C@H](CC(C)C)N1C(=O)[C@H]2CC=CC[C@@H]2C1=O. The van der Waals surface area contributed by atoms with E-state index in [1.807, 2.05) is 32.9 Å². The molecule has 1 heterocycles. The van der Waals surface area contributed by atoms with E-state index >= 15 is 0 Å². The van der Waals surface area contributed by atoms with Crippen molar-refractivity contribution < 1.29 is 19.2 Å². The van der Waals surface area contributed by atoms with Crippen LogP contribution in [0.15, 0.2) is 12.2 Å². The highest BCUT2D eigenvalue weighted by Crippen LogP contribution is 2.37. The molecule has 0 aromatic heterocycles. The summed E-state index contributed by atoms with van der Waals surface area (Å²) < 4.78 is 0. The summed E-state index contributed by atoms with van der Waals surface area (Å²) in [4.78, 5) is 51.1. The summed E-state index contributed by atoms with van der Waals surface area (Å²) in [7, 11) is 0. The van der Waals surface area contributed by atoms with Crippen molar-refractivity contribution >= 4 is 23.6 Å². The monoisotopic (exact) mass is 363 g/mol. The molecule has 2 rings (SSSR count). The number of fused-ring (bicyclic) bond motifs is 1. The fourth-order valence-corrected chi connectivity index (χ4v) is 3.52. The van der Waals surface area contributed by atoms with Gasteiger partial charge in [0.05, 0.1) is 18.4 Å². The molecule has 2 N–H and O–H groups in total. The first-order valence-corrected chi connectivity index (χ1v) is 9.43. The molecular formula is C19H29N3O4. The first-order chi connectivity index (χ1) is 12.4. The van der Waals surface area contributed by atoms with Crippen LogP contribution in [-0.2, 0) is 19.2 Å². The molecule has 0 saturated carbocycles. The first kappa shape index (κ1) is 20.1. The highest BCUT2D eigenvalue weighted by molar-refractivity contribution is 6.08. The first-order valence-electron chi connectivity index (χ1n) is 9.43. The van der Waals surface area contributed by atoms with E-state index in [1.165, 1.54) is 0 Å². The molecule has 1 aliphatic heterocycles. The van der Waals surface area contributed by atoms with Crippen LogP contribution < -0.4 is 10.6 Å². The second kappa shape index (κ2) is 8.96. The number of likely N-dealkylation sites (tertiary alicyclic amines) is 1. The molecule has 0 aromatic carbocycles. The van der Waals surface area contributed by atoms with Gasteiger partial charge in [-0.05, 0) is 31.6 Å². The summed E-state index contributed by atoms with van der Waals surface area (Å²) in [5, 5.41) is 5.27. The maximum Gasteiger partial charge on any atom is 0.243 e. The average molecular weight is 363 g/mol. The van der Waals surface area contributed by atoms with E-state index in [9.17, 15) is 19.2 Å². The Bertz CT molecular complexity index is 574. The molecule has 1 saturated heterocycles. The standard InChI is InChI=1S/C19H29N3O4/c1-4-9-20-16(23)11-21-17(24)15(10-12(2)3)22-18(25)13-7-5-6-8-14(13)19(22)26/h5-6,12-15H,4,7-11H2,1-3H3,(H,20,23)(H,21,24)/t13-,14-,15-/m0/s1. The lowest BCUT2D eigenvalue weighted by Crippen LogP contribution is -2.52. The highest BCUT2D eigenvalue weighted by atomic mass is 16.2. The quantitative estimate of drug-likeness (QED) is 0.497. The molecule has 2 aliphatic rings. The minimum absolute atomic E-state index is 0.126. The number of carbonyl (C=O) groups is 4. The van der Waals surface area contributed by atoms with Gasteiger partial charge in [-0.2, -0.15) is 0 Å². The second-order valence-corrected chi connectivity index (χ2v) is 7.42. The Hall–Kier alpha value is -2.18. The second-order valence-electron chi connectivity index (χ2n) is 7.42. The molecule has 4 amide bonds. The topological polar surface area (TPSA) is 95.6 Å². The number of nitrogens with zero attached hydrogens (tertiary/aromatic N) is 1. The smallest absolute Gasteiger partial charge is 0.243 e. The minimum atomic E-state index is -0.862. The third kappa shape index (κ3) is 4.51. The Labute approximate surface area is 154 Å². The van der Waals surface area contributed by atoms with Crippen LogP contribution >= 0.6 is 0 Å². The molecule has 1 fully saturated rings. The predicted octanol–water partition coefficient (Wildman–Crippen LogP) is 0.995. The van der Waals surface area contributed by atoms with Crippen LogP contribution in [-0.4, -0.2) is 47.7 Å². The molecule has 144 valence electrons. The van der Waals surface area contributed by atoms with Crippen LogP contribution in [0.3, 0.4) is 0 Å². The summed E-state index contributed by atoms with van der Waals surface area (Å²) in [6.07, 6.45) is 6.12. The number of rotatable bonds is 8. The normalized spacial score (nSPS) is 23.2. The Morgan fingerprint density at radius 2 is 1.69 bits per heavy atom. The fourth-order valence-electron chi connectivity index (χ4n) is 3.52. The van der Waals surface area contributed by atoms with E-state index in [4.69, 9.17) is 0 Å². The van der Waals surface area contributed by atoms with E-state index in [0.29, 0.717) is 25.8 Å². The minimum Gasteiger partial charge on any atom is -0.355 e. The maximum absolute atomic E-state index is 12.8. The lowest BCUT2D eigenvalue weighted by molar-refractivity contribution is -0.148. The third-order valence-electron chi connectivity index (χ3n) is 4.85. The van der Waals surface area contributed by atoms with Crippen LogP contribution in [0.4, 0.5) is 0 Å². The largest absolute Gasteiger partial charge is 0.355 e. The summed E-state index contributed by atoms with van der Waals surface area (Å²) in [6, 6.07) is -0.862. The van der Waals surface area contributed by atoms with E-state index in [2.05, 4.69) is 10.6 Å². The molecule has 0 unspecified atom stereocenters. The van der Waals surface area contributed by atoms with E-state index in [0.717, 1.165) is 11.3 Å². The molecule has 0 spiro atoms. The zero-order chi connectivity index (χ0) is 19.3. The summed E-state index contributed by atoms with van der Waals surface area (Å²) in [5.74, 6) is -1.84. The van der Waals surface area contributed by atoms with Gasteiger partial charge >= 0.3 is 0 Å². The van der Waals surface area contributed by atoms with Gasteiger partial charge in [-0.15, -0.1) is 0 Å². The number of hydrogen-bond acceptors (Lipinski definition) is 4. The summed E-state index contributed by atoms with van der Waals surface area (Å²) in [6.45, 7) is 6.21. The van der Waals surface area contributed by atoms with Gasteiger partial charge in [-0.1, -0.05) is 32.9 Å². The molecule has 1 aliphatic carbocycles. The molecule has 0 radical (unpaired) electrons. The van der Waals surface area contributed by atoms with Gasteiger partial charge in [0.2, 0.25) is 23.6 Å². The van der Waals surface area contributed by atoms with E-state index in [1.54, 1.807) is 0 Å². The molecular weight excluding hydrogens is 334 g/mol. The van der Waals surface area contributed by atoms with Crippen molar-refractivity contribution in [2.45, 2.75) is 52.5 Å².